The first-order valence-corrected chi connectivity index (χ1v) is 16.0. The molecule has 242 valence electrons. The number of aliphatic hydroxyl groups is 2. The van der Waals surface area contributed by atoms with Crippen LogP contribution in [0.25, 0.3) is 11.0 Å². The molecule has 5 atom stereocenters. The molecule has 0 radical (unpaired) electrons. The first-order valence-electron chi connectivity index (χ1n) is 16.0. The van der Waals surface area contributed by atoms with Crippen LogP contribution in [0.4, 0.5) is 0 Å². The van der Waals surface area contributed by atoms with E-state index in [-0.39, 0.29) is 31.2 Å². The number of nitrogens with one attached hydrogen (secondary N) is 1. The molecule has 3 aliphatic rings. The number of dihydropyridines is 1. The summed E-state index contributed by atoms with van der Waals surface area (Å²) < 4.78 is 19.4. The molecule has 1 aromatic heterocycles. The van der Waals surface area contributed by atoms with Crippen LogP contribution in [0.1, 0.15) is 61.8 Å². The average molecular weight is 627 g/mol. The van der Waals surface area contributed by atoms with Gasteiger partial charge in [0.1, 0.15) is 11.3 Å². The van der Waals surface area contributed by atoms with Gasteiger partial charge < -0.3 is 35.2 Å². The summed E-state index contributed by atoms with van der Waals surface area (Å²) in [7, 11) is 0. The van der Waals surface area contributed by atoms with Gasteiger partial charge in [-0.2, -0.15) is 0 Å². The molecule has 9 nitrogen and oxygen atoms in total. The van der Waals surface area contributed by atoms with Crippen molar-refractivity contribution in [2.75, 3.05) is 13.2 Å². The van der Waals surface area contributed by atoms with E-state index in [1.54, 1.807) is 19.1 Å². The molecule has 2 aromatic carbocycles. The quantitative estimate of drug-likeness (QED) is 0.155. The van der Waals surface area contributed by atoms with E-state index in [9.17, 15) is 19.8 Å². The lowest BCUT2D eigenvalue weighted by Crippen LogP contribution is -2.65. The van der Waals surface area contributed by atoms with Crippen LogP contribution in [0, 0.1) is 5.92 Å². The molecule has 9 heteroatoms. The molecule has 1 aliphatic carbocycles. The van der Waals surface area contributed by atoms with Gasteiger partial charge in [-0.1, -0.05) is 36.4 Å². The largest absolute Gasteiger partial charge is 0.481 e. The lowest BCUT2D eigenvalue weighted by molar-refractivity contribution is -0.184. The zero-order valence-electron chi connectivity index (χ0n) is 26.5. The molecule has 46 heavy (non-hydrogen) atoms. The van der Waals surface area contributed by atoms with E-state index in [2.05, 4.69) is 17.4 Å². The summed E-state index contributed by atoms with van der Waals surface area (Å²) in [6.45, 7) is 5.45. The van der Waals surface area contributed by atoms with Crippen LogP contribution in [-0.2, 0) is 28.8 Å². The molecule has 0 saturated carbocycles. The molecule has 5 N–H and O–H groups in total. The fraction of sp³-hybridized carbons (Fsp3) is 0.405. The van der Waals surface area contributed by atoms with Crippen molar-refractivity contribution in [3.05, 3.63) is 111 Å². The number of benzene rings is 2. The van der Waals surface area contributed by atoms with Crippen LogP contribution in [0.3, 0.4) is 0 Å². The molecule has 5 unspecified atom stereocenters. The molecule has 3 heterocycles. The zero-order valence-corrected chi connectivity index (χ0v) is 26.5. The van der Waals surface area contributed by atoms with Gasteiger partial charge in [-0.3, -0.25) is 0 Å². The number of ether oxygens (including phenoxy) is 2. The van der Waals surface area contributed by atoms with E-state index in [1.165, 1.54) is 0 Å². The van der Waals surface area contributed by atoms with Gasteiger partial charge in [0.05, 0.1) is 12.1 Å². The maximum Gasteiger partial charge on any atom is 0.339 e. The highest BCUT2D eigenvalue weighted by molar-refractivity contribution is 5.88. The Kier molecular flexibility index (Phi) is 8.67. The Labute approximate surface area is 268 Å². The Balaban J connectivity index is 1.48. The van der Waals surface area contributed by atoms with Crippen molar-refractivity contribution in [3.8, 4) is 5.75 Å². The number of carbonyl (C=O) groups excluding carboxylic acids is 1. The summed E-state index contributed by atoms with van der Waals surface area (Å²) in [5.74, 6) is -0.339. The first-order chi connectivity index (χ1) is 22.1. The second kappa shape index (κ2) is 12.5. The van der Waals surface area contributed by atoms with Crippen LogP contribution in [-0.4, -0.2) is 46.8 Å². The van der Waals surface area contributed by atoms with Crippen molar-refractivity contribution < 1.29 is 28.9 Å². The summed E-state index contributed by atoms with van der Waals surface area (Å²) in [6, 6.07) is 13.8. The van der Waals surface area contributed by atoms with Gasteiger partial charge in [-0.25, -0.2) is 9.59 Å². The zero-order chi connectivity index (χ0) is 32.6. The second-order valence-corrected chi connectivity index (χ2v) is 12.9. The maximum atomic E-state index is 13.5. The fourth-order valence-corrected chi connectivity index (χ4v) is 7.24. The summed E-state index contributed by atoms with van der Waals surface area (Å²) in [4.78, 5) is 26.5. The third-order valence-electron chi connectivity index (χ3n) is 9.87. The van der Waals surface area contributed by atoms with E-state index in [0.717, 1.165) is 27.6 Å². The number of carbonyl (C=O) groups is 1. The summed E-state index contributed by atoms with van der Waals surface area (Å²) in [6.07, 6.45) is 9.61. The lowest BCUT2D eigenvalue weighted by Gasteiger charge is -2.53. The number of rotatable bonds is 9. The van der Waals surface area contributed by atoms with Gasteiger partial charge in [0.15, 0.2) is 11.2 Å². The van der Waals surface area contributed by atoms with Crippen LogP contribution in [0.2, 0.25) is 0 Å². The third-order valence-corrected chi connectivity index (χ3v) is 9.87. The SMILES string of the molecule is CC=C(C)C(=O)OC1(C)Cc2ccccc2C(C2=CNC(N)C=C2)C12Cc1cc3cc(CC(CO)CCCO)c(=O)oc3cc1O2. The van der Waals surface area contributed by atoms with Gasteiger partial charge in [0.25, 0.3) is 0 Å². The van der Waals surface area contributed by atoms with Gasteiger partial charge in [-0.15, -0.1) is 0 Å². The van der Waals surface area contributed by atoms with Crippen molar-refractivity contribution >= 4 is 16.9 Å². The van der Waals surface area contributed by atoms with E-state index in [4.69, 9.17) is 19.6 Å². The fourth-order valence-electron chi connectivity index (χ4n) is 7.24. The van der Waals surface area contributed by atoms with E-state index >= 15 is 0 Å². The molecular weight excluding hydrogens is 584 g/mol. The standard InChI is InChI=1S/C37H42N2O7/c1-4-22(2)34(42)46-36(3)18-24-9-5-6-10-29(24)33(25-11-12-32(38)39-20-25)37(36)19-28-16-26-15-27(14-23(21-41)8-7-13-40)35(43)44-30(26)17-31(28)45-37/h4-6,9-12,15-17,20,23,32-33,39-41H,7-8,13-14,18-19,21,38H2,1-3H3. The monoisotopic (exact) mass is 626 g/mol. The molecular formula is C37H42N2O7. The maximum absolute atomic E-state index is 13.5. The number of esters is 1. The van der Waals surface area contributed by atoms with Crippen molar-refractivity contribution in [3.63, 3.8) is 0 Å². The molecule has 3 aromatic rings. The molecule has 1 spiro atoms. The summed E-state index contributed by atoms with van der Waals surface area (Å²) >= 11 is 0. The lowest BCUT2D eigenvalue weighted by atomic mass is 9.59. The molecule has 0 bridgehead atoms. The number of allylic oxidation sites excluding steroid dienone is 2. The minimum Gasteiger partial charge on any atom is -0.481 e. The highest BCUT2D eigenvalue weighted by atomic mass is 16.6. The van der Waals surface area contributed by atoms with Crippen LogP contribution < -0.4 is 21.4 Å². The minimum absolute atomic E-state index is 0.0281. The number of aliphatic hydroxyl groups excluding tert-OH is 2. The smallest absolute Gasteiger partial charge is 0.339 e. The number of hydrogen-bond acceptors (Lipinski definition) is 9. The van der Waals surface area contributed by atoms with Crippen LogP contribution >= 0.6 is 0 Å². The van der Waals surface area contributed by atoms with Crippen molar-refractivity contribution in [1.29, 1.82) is 0 Å². The molecule has 0 fully saturated rings. The van der Waals surface area contributed by atoms with Gasteiger partial charge >= 0.3 is 11.6 Å². The van der Waals surface area contributed by atoms with Crippen molar-refractivity contribution in [2.45, 2.75) is 76.2 Å². The topological polar surface area (TPSA) is 144 Å². The van der Waals surface area contributed by atoms with Crippen LogP contribution in [0.5, 0.6) is 5.75 Å². The van der Waals surface area contributed by atoms with Gasteiger partial charge in [0.2, 0.25) is 0 Å². The Bertz CT molecular complexity index is 1810. The predicted molar refractivity (Wildman–Crippen MR) is 175 cm³/mol. The van der Waals surface area contributed by atoms with Crippen LogP contribution in [0.15, 0.2) is 87.3 Å². The summed E-state index contributed by atoms with van der Waals surface area (Å²) in [5.41, 5.74) is 8.89. The first kappa shape index (κ1) is 31.8. The van der Waals surface area contributed by atoms with E-state index < -0.39 is 22.8 Å². The molecule has 2 aliphatic heterocycles. The second-order valence-electron chi connectivity index (χ2n) is 12.9. The van der Waals surface area contributed by atoms with Gasteiger partial charge in [0, 0.05) is 54.8 Å². The number of fused-ring (bicyclic) bond motifs is 3. The van der Waals surface area contributed by atoms with Crippen molar-refractivity contribution in [1.82, 2.24) is 5.32 Å². The van der Waals surface area contributed by atoms with E-state index in [1.807, 2.05) is 56.5 Å². The molecule has 6 rings (SSSR count). The number of nitrogens with two attached hydrogens (primary N) is 1. The molecule has 0 amide bonds. The van der Waals surface area contributed by atoms with E-state index in [0.29, 0.717) is 54.6 Å². The number of hydrogen-bond donors (Lipinski definition) is 4. The average Bonchev–Trinajstić information content (AvgIpc) is 3.42. The Morgan fingerprint density at radius 2 is 2.00 bits per heavy atom. The summed E-state index contributed by atoms with van der Waals surface area (Å²) in [5, 5.41) is 23.1. The normalized spacial score (nSPS) is 25.8. The Hall–Kier alpha value is -4.18. The predicted octanol–water partition coefficient (Wildman–Crippen LogP) is 4.33. The van der Waals surface area contributed by atoms with Gasteiger partial charge in [-0.05, 0) is 86.4 Å². The highest BCUT2D eigenvalue weighted by Gasteiger charge is 2.64. The Morgan fingerprint density at radius 1 is 1.20 bits per heavy atom. The Morgan fingerprint density at radius 3 is 2.72 bits per heavy atom. The molecule has 0 saturated heterocycles. The third kappa shape index (κ3) is 5.57. The van der Waals surface area contributed by atoms with Crippen molar-refractivity contribution in [2.24, 2.45) is 11.7 Å². The minimum atomic E-state index is -1.10. The highest BCUT2D eigenvalue weighted by Crippen LogP contribution is 2.58.